The number of nitrogens with zero attached hydrogens (tertiary/aromatic N) is 2. The van der Waals surface area contributed by atoms with Crippen molar-refractivity contribution in [3.8, 4) is 0 Å². The lowest BCUT2D eigenvalue weighted by Crippen LogP contribution is -2.38. The van der Waals surface area contributed by atoms with Crippen molar-refractivity contribution >= 4 is 0 Å². The lowest BCUT2D eigenvalue weighted by Gasteiger charge is -2.30. The number of hydrogen-bond acceptors (Lipinski definition) is 3. The van der Waals surface area contributed by atoms with Gasteiger partial charge in [-0.2, -0.15) is 0 Å². The van der Waals surface area contributed by atoms with Gasteiger partial charge in [0.1, 0.15) is 0 Å². The summed E-state index contributed by atoms with van der Waals surface area (Å²) in [6.45, 7) is 3.68. The molecular formula is C11H16N2O. The summed E-state index contributed by atoms with van der Waals surface area (Å²) in [6, 6.07) is 3.95. The van der Waals surface area contributed by atoms with Crippen LogP contribution in [0.1, 0.15) is 17.7 Å². The van der Waals surface area contributed by atoms with E-state index in [0.717, 1.165) is 18.7 Å². The minimum atomic E-state index is 0.0341. The van der Waals surface area contributed by atoms with Crippen LogP contribution in [-0.2, 0) is 13.0 Å². The first-order valence-corrected chi connectivity index (χ1v) is 5.15. The summed E-state index contributed by atoms with van der Waals surface area (Å²) >= 11 is 0. The van der Waals surface area contributed by atoms with Crippen LogP contribution >= 0.6 is 0 Å². The first-order valence-electron chi connectivity index (χ1n) is 5.15. The molecule has 1 saturated heterocycles. The number of hydrogen-bond donors (Lipinski definition) is 1. The molecule has 1 aliphatic heterocycles. The van der Waals surface area contributed by atoms with E-state index < -0.39 is 0 Å². The molecule has 1 N–H and O–H groups in total. The SMILES string of the molecule is OCc1ccc(CCN2CCC2)cn1. The maximum Gasteiger partial charge on any atom is 0.0852 e. The Balaban J connectivity index is 1.83. The normalized spacial score (nSPS) is 16.6. The zero-order valence-corrected chi connectivity index (χ0v) is 8.32. The highest BCUT2D eigenvalue weighted by atomic mass is 16.3. The molecule has 1 aromatic heterocycles. The summed E-state index contributed by atoms with van der Waals surface area (Å²) in [5.41, 5.74) is 2.01. The Hall–Kier alpha value is -0.930. The number of likely N-dealkylation sites (tertiary alicyclic amines) is 1. The first kappa shape index (κ1) is 9.62. The molecule has 3 nitrogen and oxygen atoms in total. The molecule has 0 aromatic carbocycles. The Morgan fingerprint density at radius 3 is 2.71 bits per heavy atom. The molecule has 0 radical (unpaired) electrons. The van der Waals surface area contributed by atoms with Gasteiger partial charge in [0.15, 0.2) is 0 Å². The van der Waals surface area contributed by atoms with Gasteiger partial charge in [-0.3, -0.25) is 4.98 Å². The molecule has 0 spiro atoms. The summed E-state index contributed by atoms with van der Waals surface area (Å²) in [5.74, 6) is 0. The quantitative estimate of drug-likeness (QED) is 0.767. The molecule has 2 rings (SSSR count). The van der Waals surface area contributed by atoms with Gasteiger partial charge in [0, 0.05) is 12.7 Å². The van der Waals surface area contributed by atoms with Crippen LogP contribution in [0.15, 0.2) is 18.3 Å². The van der Waals surface area contributed by atoms with Gasteiger partial charge >= 0.3 is 0 Å². The number of rotatable bonds is 4. The largest absolute Gasteiger partial charge is 0.390 e. The van der Waals surface area contributed by atoms with Crippen LogP contribution in [0, 0.1) is 0 Å². The van der Waals surface area contributed by atoms with E-state index in [4.69, 9.17) is 5.11 Å². The molecule has 1 aromatic rings. The van der Waals surface area contributed by atoms with Crippen LogP contribution in [0.2, 0.25) is 0 Å². The lowest BCUT2D eigenvalue weighted by atomic mass is 10.1. The van der Waals surface area contributed by atoms with Crippen molar-refractivity contribution in [1.29, 1.82) is 0 Å². The van der Waals surface area contributed by atoms with E-state index in [1.807, 2.05) is 12.3 Å². The van der Waals surface area contributed by atoms with E-state index in [-0.39, 0.29) is 6.61 Å². The van der Waals surface area contributed by atoms with Gasteiger partial charge in [0.2, 0.25) is 0 Å². The Labute approximate surface area is 84.4 Å². The van der Waals surface area contributed by atoms with Crippen LogP contribution in [-0.4, -0.2) is 34.6 Å². The molecular weight excluding hydrogens is 176 g/mol. The van der Waals surface area contributed by atoms with E-state index in [9.17, 15) is 0 Å². The number of pyridine rings is 1. The van der Waals surface area contributed by atoms with Crippen molar-refractivity contribution in [3.63, 3.8) is 0 Å². The number of aliphatic hydroxyl groups is 1. The molecule has 0 bridgehead atoms. The summed E-state index contributed by atoms with van der Waals surface area (Å²) in [4.78, 5) is 6.59. The second-order valence-corrected chi connectivity index (χ2v) is 3.76. The molecule has 2 heterocycles. The molecule has 0 amide bonds. The Kier molecular flexibility index (Phi) is 3.11. The van der Waals surface area contributed by atoms with E-state index in [2.05, 4.69) is 16.0 Å². The second kappa shape index (κ2) is 4.53. The molecule has 3 heteroatoms. The molecule has 0 unspecified atom stereocenters. The van der Waals surface area contributed by atoms with Gasteiger partial charge < -0.3 is 10.0 Å². The van der Waals surface area contributed by atoms with E-state index >= 15 is 0 Å². The Morgan fingerprint density at radius 2 is 2.21 bits per heavy atom. The minimum Gasteiger partial charge on any atom is -0.390 e. The van der Waals surface area contributed by atoms with Gasteiger partial charge in [-0.05, 0) is 37.6 Å². The minimum absolute atomic E-state index is 0.0341. The van der Waals surface area contributed by atoms with Crippen LogP contribution < -0.4 is 0 Å². The maximum absolute atomic E-state index is 8.82. The third kappa shape index (κ3) is 2.30. The van der Waals surface area contributed by atoms with Crippen molar-refractivity contribution in [2.45, 2.75) is 19.4 Å². The number of aliphatic hydroxyl groups excluding tert-OH is 1. The van der Waals surface area contributed by atoms with Gasteiger partial charge in [-0.1, -0.05) is 6.07 Å². The summed E-state index contributed by atoms with van der Waals surface area (Å²) in [5, 5.41) is 8.82. The standard InChI is InChI=1S/C11H16N2O/c14-9-11-3-2-10(8-12-11)4-7-13-5-1-6-13/h2-3,8,14H,1,4-7,9H2. The lowest BCUT2D eigenvalue weighted by molar-refractivity contribution is 0.184. The predicted molar refractivity (Wildman–Crippen MR) is 54.9 cm³/mol. The van der Waals surface area contributed by atoms with Gasteiger partial charge in [-0.25, -0.2) is 0 Å². The van der Waals surface area contributed by atoms with Crippen LogP contribution in [0.5, 0.6) is 0 Å². The molecule has 1 aliphatic rings. The Morgan fingerprint density at radius 1 is 1.36 bits per heavy atom. The summed E-state index contributed by atoms with van der Waals surface area (Å²) in [7, 11) is 0. The van der Waals surface area contributed by atoms with Crippen molar-refractivity contribution in [2.75, 3.05) is 19.6 Å². The highest BCUT2D eigenvalue weighted by Gasteiger charge is 2.12. The molecule has 14 heavy (non-hydrogen) atoms. The third-order valence-corrected chi connectivity index (χ3v) is 2.71. The number of aromatic nitrogens is 1. The fourth-order valence-electron chi connectivity index (χ4n) is 1.59. The summed E-state index contributed by atoms with van der Waals surface area (Å²) in [6.07, 6.45) is 4.28. The first-order chi connectivity index (χ1) is 6.88. The van der Waals surface area contributed by atoms with Gasteiger partial charge in [0.25, 0.3) is 0 Å². The van der Waals surface area contributed by atoms with E-state index in [1.165, 1.54) is 25.1 Å². The summed E-state index contributed by atoms with van der Waals surface area (Å²) < 4.78 is 0. The fraction of sp³-hybridized carbons (Fsp3) is 0.545. The molecule has 1 fully saturated rings. The smallest absolute Gasteiger partial charge is 0.0852 e. The average Bonchev–Trinajstić information content (AvgIpc) is 2.16. The van der Waals surface area contributed by atoms with Crippen molar-refractivity contribution < 1.29 is 5.11 Å². The highest BCUT2D eigenvalue weighted by Crippen LogP contribution is 2.08. The molecule has 76 valence electrons. The second-order valence-electron chi connectivity index (χ2n) is 3.76. The topological polar surface area (TPSA) is 36.4 Å². The van der Waals surface area contributed by atoms with Crippen LogP contribution in [0.3, 0.4) is 0 Å². The van der Waals surface area contributed by atoms with Gasteiger partial charge in [0.05, 0.1) is 12.3 Å². The van der Waals surface area contributed by atoms with Crippen LogP contribution in [0.25, 0.3) is 0 Å². The zero-order chi connectivity index (χ0) is 9.80. The maximum atomic E-state index is 8.82. The molecule has 0 saturated carbocycles. The molecule has 0 atom stereocenters. The van der Waals surface area contributed by atoms with E-state index in [0.29, 0.717) is 0 Å². The predicted octanol–water partition coefficient (Wildman–Crippen LogP) is 0.822. The molecule has 0 aliphatic carbocycles. The highest BCUT2D eigenvalue weighted by molar-refractivity contribution is 5.14. The zero-order valence-electron chi connectivity index (χ0n) is 8.32. The third-order valence-electron chi connectivity index (χ3n) is 2.71. The average molecular weight is 192 g/mol. The van der Waals surface area contributed by atoms with Crippen LogP contribution in [0.4, 0.5) is 0 Å². The Bertz CT molecular complexity index is 280. The van der Waals surface area contributed by atoms with Crippen molar-refractivity contribution in [2.24, 2.45) is 0 Å². The van der Waals surface area contributed by atoms with E-state index in [1.54, 1.807) is 0 Å². The van der Waals surface area contributed by atoms with Crippen molar-refractivity contribution in [1.82, 2.24) is 9.88 Å². The monoisotopic (exact) mass is 192 g/mol. The van der Waals surface area contributed by atoms with Crippen molar-refractivity contribution in [3.05, 3.63) is 29.6 Å². The fourth-order valence-corrected chi connectivity index (χ4v) is 1.59. The van der Waals surface area contributed by atoms with Gasteiger partial charge in [-0.15, -0.1) is 0 Å².